The van der Waals surface area contributed by atoms with Gasteiger partial charge in [0.2, 0.25) is 5.13 Å². The molecule has 1 N–H and O–H groups in total. The minimum absolute atomic E-state index is 0.121. The van der Waals surface area contributed by atoms with Gasteiger partial charge in [-0.25, -0.2) is 4.39 Å². The standard InChI is InChI=1S/C35H28FN3O4S2/c1-21-6-8-23(9-7-21)20-44-35-38-37-34(45-35)39-30(25-10-14-27(36)15-11-25)29(32(41)33(39)42)31(40)26-12-16-28(17-13-26)43-19-24-5-3-4-22(2)18-24/h3-18,30,40H,19-20H2,1-2H3. The van der Waals surface area contributed by atoms with Crippen LogP contribution in [0.1, 0.15) is 39.4 Å². The fourth-order valence-corrected chi connectivity index (χ4v) is 6.83. The number of aliphatic hydroxyl groups is 1. The van der Waals surface area contributed by atoms with E-state index in [0.29, 0.717) is 33.6 Å². The van der Waals surface area contributed by atoms with Crippen LogP contribution in [0.4, 0.5) is 9.52 Å². The minimum Gasteiger partial charge on any atom is -0.507 e. The van der Waals surface area contributed by atoms with Gasteiger partial charge in [-0.3, -0.25) is 14.5 Å². The Kier molecular flexibility index (Phi) is 8.77. The van der Waals surface area contributed by atoms with E-state index in [1.807, 2.05) is 62.4 Å². The van der Waals surface area contributed by atoms with Crippen molar-refractivity contribution in [3.63, 3.8) is 0 Å². The minimum atomic E-state index is -1.04. The average Bonchev–Trinajstić information content (AvgIpc) is 3.62. The second kappa shape index (κ2) is 13.1. The van der Waals surface area contributed by atoms with E-state index in [2.05, 4.69) is 10.2 Å². The van der Waals surface area contributed by atoms with E-state index in [9.17, 15) is 19.1 Å². The first-order valence-corrected chi connectivity index (χ1v) is 15.9. The molecule has 2 heterocycles. The molecule has 4 aromatic carbocycles. The lowest BCUT2D eigenvalue weighted by molar-refractivity contribution is -0.132. The number of ether oxygens (including phenoxy) is 1. The zero-order valence-electron chi connectivity index (χ0n) is 24.4. The fraction of sp³-hybridized carbons (Fsp3) is 0.143. The Morgan fingerprint density at radius 2 is 1.64 bits per heavy atom. The van der Waals surface area contributed by atoms with Gasteiger partial charge in [-0.05, 0) is 66.9 Å². The molecule has 1 aliphatic heterocycles. The molecule has 0 bridgehead atoms. The Morgan fingerprint density at radius 1 is 0.911 bits per heavy atom. The Balaban J connectivity index is 1.29. The van der Waals surface area contributed by atoms with Gasteiger partial charge in [0.1, 0.15) is 23.9 Å². The predicted molar refractivity (Wildman–Crippen MR) is 174 cm³/mol. The summed E-state index contributed by atoms with van der Waals surface area (Å²) >= 11 is 2.64. The van der Waals surface area contributed by atoms with Crippen molar-refractivity contribution in [2.45, 2.75) is 36.6 Å². The molecule has 1 aliphatic rings. The molecule has 6 rings (SSSR count). The second-order valence-electron chi connectivity index (χ2n) is 10.6. The first-order valence-electron chi connectivity index (χ1n) is 14.1. The number of nitrogens with zero attached hydrogens (tertiary/aromatic N) is 3. The topological polar surface area (TPSA) is 92.6 Å². The van der Waals surface area contributed by atoms with Crippen molar-refractivity contribution in [2.24, 2.45) is 0 Å². The van der Waals surface area contributed by atoms with E-state index >= 15 is 0 Å². The molecule has 1 aromatic heterocycles. The molecule has 7 nitrogen and oxygen atoms in total. The van der Waals surface area contributed by atoms with Gasteiger partial charge in [-0.2, -0.15) is 0 Å². The Bertz CT molecular complexity index is 1890. The van der Waals surface area contributed by atoms with Crippen LogP contribution in [-0.4, -0.2) is 27.0 Å². The molecule has 0 radical (unpaired) electrons. The average molecular weight is 638 g/mol. The van der Waals surface area contributed by atoms with Crippen LogP contribution in [0, 0.1) is 19.7 Å². The zero-order valence-corrected chi connectivity index (χ0v) is 26.1. The lowest BCUT2D eigenvalue weighted by Gasteiger charge is -2.22. The SMILES string of the molecule is Cc1ccc(CSc2nnc(N3C(=O)C(=O)C(=C(O)c4ccc(OCc5cccc(C)c5)cc4)C3c3ccc(F)cc3)s2)cc1. The molecule has 1 fully saturated rings. The van der Waals surface area contributed by atoms with E-state index in [0.717, 1.165) is 16.7 Å². The number of ketones is 1. The van der Waals surface area contributed by atoms with Crippen LogP contribution in [0.3, 0.4) is 0 Å². The number of amides is 1. The van der Waals surface area contributed by atoms with Crippen molar-refractivity contribution in [3.8, 4) is 5.75 Å². The molecular formula is C35H28FN3O4S2. The summed E-state index contributed by atoms with van der Waals surface area (Å²) in [7, 11) is 0. The lowest BCUT2D eigenvalue weighted by atomic mass is 9.95. The summed E-state index contributed by atoms with van der Waals surface area (Å²) in [5.41, 5.74) is 5.09. The Morgan fingerprint density at radius 3 is 2.36 bits per heavy atom. The van der Waals surface area contributed by atoms with Crippen LogP contribution in [-0.2, 0) is 21.9 Å². The van der Waals surface area contributed by atoms with Crippen LogP contribution in [0.2, 0.25) is 0 Å². The summed E-state index contributed by atoms with van der Waals surface area (Å²) in [4.78, 5) is 28.2. The summed E-state index contributed by atoms with van der Waals surface area (Å²) in [6, 6.07) is 27.2. The van der Waals surface area contributed by atoms with Gasteiger partial charge >= 0.3 is 5.91 Å². The number of aliphatic hydroxyl groups excluding tert-OH is 1. The number of aryl methyl sites for hydroxylation is 2. The second-order valence-corrected chi connectivity index (χ2v) is 12.8. The number of thioether (sulfide) groups is 1. The highest BCUT2D eigenvalue weighted by Gasteiger charge is 2.48. The Labute approximate surface area is 268 Å². The van der Waals surface area contributed by atoms with Crippen molar-refractivity contribution >= 4 is 45.7 Å². The molecule has 226 valence electrons. The number of rotatable bonds is 9. The maximum absolute atomic E-state index is 13.9. The first-order chi connectivity index (χ1) is 21.8. The maximum atomic E-state index is 13.9. The van der Waals surface area contributed by atoms with E-state index in [1.165, 1.54) is 57.8 Å². The van der Waals surface area contributed by atoms with Crippen molar-refractivity contribution in [1.29, 1.82) is 0 Å². The van der Waals surface area contributed by atoms with Crippen molar-refractivity contribution in [3.05, 3.63) is 142 Å². The normalized spacial score (nSPS) is 15.9. The highest BCUT2D eigenvalue weighted by Crippen LogP contribution is 2.44. The van der Waals surface area contributed by atoms with Crippen molar-refractivity contribution in [2.75, 3.05) is 4.90 Å². The molecule has 0 saturated carbocycles. The van der Waals surface area contributed by atoms with Gasteiger partial charge in [0.15, 0.2) is 4.34 Å². The molecule has 10 heteroatoms. The zero-order chi connectivity index (χ0) is 31.5. The number of anilines is 1. The fourth-order valence-electron chi connectivity index (χ4n) is 5.01. The lowest BCUT2D eigenvalue weighted by Crippen LogP contribution is -2.29. The van der Waals surface area contributed by atoms with E-state index in [1.54, 1.807) is 24.3 Å². The Hall–Kier alpha value is -4.80. The van der Waals surface area contributed by atoms with Crippen LogP contribution < -0.4 is 9.64 Å². The van der Waals surface area contributed by atoms with E-state index in [-0.39, 0.29) is 16.5 Å². The molecule has 45 heavy (non-hydrogen) atoms. The van der Waals surface area contributed by atoms with Gasteiger partial charge in [-0.15, -0.1) is 10.2 Å². The van der Waals surface area contributed by atoms with Crippen molar-refractivity contribution < 1.29 is 23.8 Å². The molecule has 1 unspecified atom stereocenters. The number of hydrogen-bond acceptors (Lipinski definition) is 8. The molecule has 0 spiro atoms. The van der Waals surface area contributed by atoms with Crippen LogP contribution in [0.15, 0.2) is 107 Å². The molecule has 1 amide bonds. The third-order valence-electron chi connectivity index (χ3n) is 7.33. The van der Waals surface area contributed by atoms with E-state index in [4.69, 9.17) is 4.74 Å². The number of aromatic nitrogens is 2. The number of Topliss-reactive ketones (excluding diaryl/α,β-unsaturated/α-hetero) is 1. The molecule has 5 aromatic rings. The smallest absolute Gasteiger partial charge is 0.301 e. The van der Waals surface area contributed by atoms with Crippen LogP contribution >= 0.6 is 23.1 Å². The number of hydrogen-bond donors (Lipinski definition) is 1. The van der Waals surface area contributed by atoms with Gasteiger partial charge < -0.3 is 9.84 Å². The van der Waals surface area contributed by atoms with Crippen LogP contribution in [0.25, 0.3) is 5.76 Å². The number of halogens is 1. The van der Waals surface area contributed by atoms with Gasteiger partial charge in [0.05, 0.1) is 11.6 Å². The molecule has 1 saturated heterocycles. The van der Waals surface area contributed by atoms with Gasteiger partial charge in [0.25, 0.3) is 5.78 Å². The van der Waals surface area contributed by atoms with Crippen molar-refractivity contribution in [1.82, 2.24) is 10.2 Å². The summed E-state index contributed by atoms with van der Waals surface area (Å²) in [6.45, 7) is 4.41. The number of carbonyl (C=O) groups is 2. The monoisotopic (exact) mass is 637 g/mol. The highest BCUT2D eigenvalue weighted by atomic mass is 32.2. The molecule has 0 aliphatic carbocycles. The summed E-state index contributed by atoms with van der Waals surface area (Å²) in [5, 5.41) is 20.1. The van der Waals surface area contributed by atoms with E-state index < -0.39 is 23.5 Å². The summed E-state index contributed by atoms with van der Waals surface area (Å²) < 4.78 is 20.4. The summed E-state index contributed by atoms with van der Waals surface area (Å²) in [6.07, 6.45) is 0. The molecular weight excluding hydrogens is 610 g/mol. The van der Waals surface area contributed by atoms with Gasteiger partial charge in [0, 0.05) is 11.3 Å². The third-order valence-corrected chi connectivity index (χ3v) is 9.46. The number of benzene rings is 4. The first kappa shape index (κ1) is 30.2. The third kappa shape index (κ3) is 6.67. The predicted octanol–water partition coefficient (Wildman–Crippen LogP) is 7.79. The highest BCUT2D eigenvalue weighted by molar-refractivity contribution is 8.00. The maximum Gasteiger partial charge on any atom is 0.301 e. The summed E-state index contributed by atoms with van der Waals surface area (Å²) in [5.74, 6) is -1.31. The quantitative estimate of drug-likeness (QED) is 0.0580. The van der Waals surface area contributed by atoms with Crippen LogP contribution in [0.5, 0.6) is 5.75 Å². The molecule has 1 atom stereocenters. The van der Waals surface area contributed by atoms with Gasteiger partial charge in [-0.1, -0.05) is 94.9 Å². The number of carbonyl (C=O) groups excluding carboxylic acids is 2. The largest absolute Gasteiger partial charge is 0.507 e.